The van der Waals surface area contributed by atoms with Crippen molar-refractivity contribution in [3.8, 4) is 18.2 Å². The van der Waals surface area contributed by atoms with Crippen molar-refractivity contribution >= 4 is 78.7 Å². The Morgan fingerprint density at radius 1 is 1.21 bits per heavy atom. The summed E-state index contributed by atoms with van der Waals surface area (Å²) in [5, 5.41) is -0.348. The van der Waals surface area contributed by atoms with Crippen LogP contribution in [0.25, 0.3) is 11.0 Å². The molecule has 3 N–H and O–H groups in total. The maximum atomic E-state index is 15.1. The molecule has 2 atom stereocenters. The number of rotatable bonds is 8. The molecular weight excluding hydrogens is 511 g/mol. The zero-order valence-corrected chi connectivity index (χ0v) is 22.0. The van der Waals surface area contributed by atoms with Crippen LogP contribution in [0.3, 0.4) is 0 Å². The predicted octanol–water partition coefficient (Wildman–Crippen LogP) is 0.864. The van der Waals surface area contributed by atoms with Crippen LogP contribution in [0.4, 0.5) is 15.9 Å². The van der Waals surface area contributed by atoms with Crippen molar-refractivity contribution in [2.45, 2.75) is 41.3 Å². The lowest BCUT2D eigenvalue weighted by Gasteiger charge is -2.42. The summed E-state index contributed by atoms with van der Waals surface area (Å²) in [5.74, 6) is 1.74. The summed E-state index contributed by atoms with van der Waals surface area (Å²) in [6, 6.07) is 3.18. The molecule has 4 rings (SSSR count). The van der Waals surface area contributed by atoms with E-state index in [1.807, 2.05) is 6.92 Å². The van der Waals surface area contributed by atoms with Gasteiger partial charge in [-0.1, -0.05) is 17.7 Å². The molecule has 3 aromatic heterocycles. The normalized spacial score (nSPS) is 21.6. The van der Waals surface area contributed by atoms with Crippen LogP contribution >= 0.6 is 11.8 Å². The van der Waals surface area contributed by atoms with Crippen molar-refractivity contribution < 1.29 is 13.9 Å². The molecule has 0 spiro atoms. The Balaban J connectivity index is 1.64. The van der Waals surface area contributed by atoms with Gasteiger partial charge >= 0.3 is 0 Å². The van der Waals surface area contributed by atoms with Gasteiger partial charge in [-0.15, -0.1) is 6.42 Å². The number of aliphatic imine (C=N–C) groups is 1. The summed E-state index contributed by atoms with van der Waals surface area (Å²) < 4.78 is 25.1. The van der Waals surface area contributed by atoms with E-state index in [2.05, 4.69) is 36.2 Å². The second kappa shape index (κ2) is 10.4. The molecule has 0 saturated heterocycles. The van der Waals surface area contributed by atoms with E-state index >= 15 is 4.39 Å². The van der Waals surface area contributed by atoms with Crippen LogP contribution in [-0.2, 0) is 10.3 Å². The number of hydrogen-bond donors (Lipinski definition) is 2. The van der Waals surface area contributed by atoms with Gasteiger partial charge in [0.15, 0.2) is 11.0 Å². The van der Waals surface area contributed by atoms with Crippen LogP contribution in [-0.4, -0.2) is 86.4 Å². The van der Waals surface area contributed by atoms with Crippen LogP contribution in [0, 0.1) is 18.3 Å². The Bertz CT molecular complexity index is 1490. The Hall–Kier alpha value is -3.17. The zero-order chi connectivity index (χ0) is 28.6. The van der Waals surface area contributed by atoms with Crippen LogP contribution in [0.1, 0.15) is 25.8 Å². The summed E-state index contributed by atoms with van der Waals surface area (Å²) in [5.41, 5.74) is 6.44. The van der Waals surface area contributed by atoms with E-state index in [0.29, 0.717) is 29.0 Å². The van der Waals surface area contributed by atoms with E-state index in [1.54, 1.807) is 19.1 Å². The first-order valence-electron chi connectivity index (χ1n) is 11.4. The SMILES string of the molecule is [B]C([B])([B])OC[C@@]1(C)C[C@@](C)(c2cc(Nc3nccc4nc(OC([B])([B])C#C)cnc34)cnc2F)N=C(N)S1. The Kier molecular flexibility index (Phi) is 7.71. The summed E-state index contributed by atoms with van der Waals surface area (Å²) in [7, 11) is 28.0. The number of ether oxygens (including phenoxy) is 2. The highest BCUT2D eigenvalue weighted by atomic mass is 32.2. The van der Waals surface area contributed by atoms with Gasteiger partial charge in [0.1, 0.15) is 21.2 Å². The van der Waals surface area contributed by atoms with Crippen LogP contribution in [0.5, 0.6) is 5.88 Å². The predicted molar refractivity (Wildman–Crippen MR) is 154 cm³/mol. The third kappa shape index (κ3) is 6.89. The monoisotopic (exact) mass is 531 g/mol. The highest BCUT2D eigenvalue weighted by Crippen LogP contribution is 2.46. The fourth-order valence-corrected chi connectivity index (χ4v) is 5.36. The average Bonchev–Trinajstić information content (AvgIpc) is 2.82. The molecule has 0 saturated carbocycles. The van der Waals surface area contributed by atoms with E-state index in [-0.39, 0.29) is 23.2 Å². The van der Waals surface area contributed by atoms with Gasteiger partial charge in [0.05, 0.1) is 64.7 Å². The molecule has 39 heavy (non-hydrogen) atoms. The molecule has 0 amide bonds. The highest BCUT2D eigenvalue weighted by Gasteiger charge is 2.44. The number of nitrogens with zero attached hydrogens (tertiary/aromatic N) is 5. The van der Waals surface area contributed by atoms with Gasteiger partial charge < -0.3 is 20.5 Å². The minimum atomic E-state index is -1.85. The summed E-state index contributed by atoms with van der Waals surface area (Å²) in [4.78, 5) is 21.5. The molecular formula is C23H19B5FN7O2S. The van der Waals surface area contributed by atoms with Crippen LogP contribution in [0.2, 0.25) is 0 Å². The van der Waals surface area contributed by atoms with E-state index in [1.165, 1.54) is 30.4 Å². The lowest BCUT2D eigenvalue weighted by molar-refractivity contribution is 0.100. The number of terminal acetylenes is 1. The number of pyridine rings is 2. The molecule has 0 unspecified atom stereocenters. The Morgan fingerprint density at radius 3 is 2.64 bits per heavy atom. The smallest absolute Gasteiger partial charge is 0.232 e. The van der Waals surface area contributed by atoms with Gasteiger partial charge in [-0.05, 0) is 37.7 Å². The van der Waals surface area contributed by atoms with Crippen molar-refractivity contribution in [3.05, 3.63) is 42.2 Å². The Labute approximate surface area is 236 Å². The first-order chi connectivity index (χ1) is 18.1. The first kappa shape index (κ1) is 28.8. The largest absolute Gasteiger partial charge is 0.478 e. The summed E-state index contributed by atoms with van der Waals surface area (Å²) in [6.07, 6.45) is 9.68. The number of nitrogens with two attached hydrogens (primary N) is 1. The van der Waals surface area contributed by atoms with Gasteiger partial charge in [-0.2, -0.15) is 4.39 Å². The fraction of sp³-hybridized carbons (Fsp3) is 0.348. The van der Waals surface area contributed by atoms with Crippen molar-refractivity contribution in [1.82, 2.24) is 19.9 Å². The molecule has 1 aliphatic heterocycles. The number of aromatic nitrogens is 4. The van der Waals surface area contributed by atoms with E-state index in [9.17, 15) is 0 Å². The number of thioether (sulfide) groups is 1. The number of fused-ring (bicyclic) bond motifs is 1. The van der Waals surface area contributed by atoms with E-state index in [0.717, 1.165) is 0 Å². The van der Waals surface area contributed by atoms with Gasteiger partial charge in [-0.3, -0.25) is 4.99 Å². The molecule has 3 aromatic rings. The lowest BCUT2D eigenvalue weighted by atomic mass is 9.52. The molecule has 186 valence electrons. The van der Waals surface area contributed by atoms with Gasteiger partial charge in [0.25, 0.3) is 0 Å². The maximum absolute atomic E-state index is 15.1. The van der Waals surface area contributed by atoms with Gasteiger partial charge in [0.2, 0.25) is 11.8 Å². The number of nitrogens with one attached hydrogen (secondary N) is 1. The second-order valence-electron chi connectivity index (χ2n) is 9.56. The second-order valence-corrected chi connectivity index (χ2v) is 11.2. The molecule has 10 radical (unpaired) electrons. The standard InChI is InChI=1S/C23H19B5FN7O2S/c1-4-22(24,25)38-15-9-32-16-14(35-15)5-6-31-18(16)34-12-7-13(17(29)33-8-12)21(3)10-20(2,39-19(30)36-21)11-37-23(26,27)28/h1,5-9H,10-11H2,2-3H3,(H2,30,36)(H,31,34)/t20-,21+/m1/s1. The molecule has 0 fully saturated rings. The number of anilines is 2. The molecule has 9 nitrogen and oxygen atoms in total. The van der Waals surface area contributed by atoms with Crippen molar-refractivity contribution in [1.29, 1.82) is 0 Å². The van der Waals surface area contributed by atoms with Gasteiger partial charge in [0, 0.05) is 16.5 Å². The summed E-state index contributed by atoms with van der Waals surface area (Å²) >= 11 is 1.26. The molecule has 0 aliphatic carbocycles. The third-order valence-electron chi connectivity index (χ3n) is 5.67. The van der Waals surface area contributed by atoms with Crippen molar-refractivity contribution in [2.75, 3.05) is 11.9 Å². The lowest BCUT2D eigenvalue weighted by Crippen LogP contribution is -2.46. The molecule has 0 bridgehead atoms. The topological polar surface area (TPSA) is 120 Å². The minimum Gasteiger partial charge on any atom is -0.478 e. The average molecular weight is 531 g/mol. The molecule has 1 aliphatic rings. The minimum absolute atomic E-state index is 0.0232. The number of hydrogen-bond acceptors (Lipinski definition) is 10. The zero-order valence-electron chi connectivity index (χ0n) is 21.2. The van der Waals surface area contributed by atoms with Gasteiger partial charge in [-0.25, -0.2) is 19.9 Å². The van der Waals surface area contributed by atoms with E-state index < -0.39 is 26.9 Å². The molecule has 4 heterocycles. The molecule has 16 heteroatoms. The fourth-order valence-electron chi connectivity index (χ4n) is 4.14. The number of halogens is 1. The third-order valence-corrected chi connectivity index (χ3v) is 6.73. The summed E-state index contributed by atoms with van der Waals surface area (Å²) in [6.45, 7) is 3.66. The van der Waals surface area contributed by atoms with Crippen LogP contribution in [0.15, 0.2) is 35.7 Å². The Morgan fingerprint density at radius 2 is 1.95 bits per heavy atom. The van der Waals surface area contributed by atoms with E-state index in [4.69, 9.17) is 60.9 Å². The highest BCUT2D eigenvalue weighted by molar-refractivity contribution is 8.15. The quantitative estimate of drug-likeness (QED) is 0.248. The van der Waals surface area contributed by atoms with Crippen molar-refractivity contribution in [3.63, 3.8) is 0 Å². The first-order valence-corrected chi connectivity index (χ1v) is 12.3. The maximum Gasteiger partial charge on any atom is 0.232 e. The molecule has 0 aromatic carbocycles. The number of amidine groups is 1. The van der Waals surface area contributed by atoms with Crippen LogP contribution < -0.4 is 15.8 Å². The van der Waals surface area contributed by atoms with Crippen molar-refractivity contribution in [2.24, 2.45) is 10.7 Å².